The lowest BCUT2D eigenvalue weighted by Crippen LogP contribution is -2.49. The van der Waals surface area contributed by atoms with Crippen LogP contribution in [0.2, 0.25) is 0 Å². The van der Waals surface area contributed by atoms with Crippen LogP contribution in [0, 0.1) is 5.82 Å². The Labute approximate surface area is 142 Å². The first-order valence-electron chi connectivity index (χ1n) is 7.75. The smallest absolute Gasteiger partial charge is 0.292 e. The lowest BCUT2D eigenvalue weighted by molar-refractivity contribution is -0.132. The topological polar surface area (TPSA) is 54.9 Å². The molecule has 3 heterocycles. The van der Waals surface area contributed by atoms with E-state index in [1.165, 1.54) is 29.7 Å². The summed E-state index contributed by atoms with van der Waals surface area (Å²) in [5.74, 6) is -0.123. The molecule has 0 bridgehead atoms. The summed E-state index contributed by atoms with van der Waals surface area (Å²) in [6.45, 7) is 3.42. The van der Waals surface area contributed by atoms with Crippen LogP contribution < -0.4 is 4.90 Å². The van der Waals surface area contributed by atoms with Gasteiger partial charge in [-0.05, 0) is 18.2 Å². The van der Waals surface area contributed by atoms with Crippen LogP contribution in [0.5, 0.6) is 0 Å². The first-order chi connectivity index (χ1) is 11.7. The van der Waals surface area contributed by atoms with E-state index < -0.39 is 0 Å². The van der Waals surface area contributed by atoms with E-state index in [1.54, 1.807) is 11.0 Å². The van der Waals surface area contributed by atoms with Gasteiger partial charge in [0, 0.05) is 26.2 Å². The maximum Gasteiger partial charge on any atom is 0.292 e. The lowest BCUT2D eigenvalue weighted by atomic mass is 10.3. The third-order valence-electron chi connectivity index (χ3n) is 4.04. The van der Waals surface area contributed by atoms with Gasteiger partial charge in [0.25, 0.3) is 5.91 Å². The van der Waals surface area contributed by atoms with Crippen molar-refractivity contribution >= 4 is 32.6 Å². The summed E-state index contributed by atoms with van der Waals surface area (Å²) in [5.41, 5.74) is 0.799. The summed E-state index contributed by atoms with van der Waals surface area (Å²) >= 11 is 1.47. The third-order valence-corrected chi connectivity index (χ3v) is 5.12. The van der Waals surface area contributed by atoms with Crippen LogP contribution in [0.25, 0.3) is 10.2 Å². The number of hydrogen-bond acceptors (Lipinski definition) is 6. The summed E-state index contributed by atoms with van der Waals surface area (Å²) in [4.78, 5) is 20.8. The highest BCUT2D eigenvalue weighted by Gasteiger charge is 2.27. The molecule has 8 heteroatoms. The maximum atomic E-state index is 13.3. The number of anilines is 1. The fourth-order valence-electron chi connectivity index (χ4n) is 2.76. The molecular weight excluding hydrogens is 333 g/mol. The molecular formula is C16H16FN3O3S. The van der Waals surface area contributed by atoms with Gasteiger partial charge in [0.1, 0.15) is 25.3 Å². The number of aromatic nitrogens is 1. The SMILES string of the molecule is O=C(C1=COCCO1)N1CCN(c2nc3ccc(F)cc3s2)CC1. The van der Waals surface area contributed by atoms with Gasteiger partial charge in [-0.3, -0.25) is 4.79 Å². The van der Waals surface area contributed by atoms with Crippen molar-refractivity contribution in [1.82, 2.24) is 9.88 Å². The average Bonchev–Trinajstić information content (AvgIpc) is 3.05. The van der Waals surface area contributed by atoms with E-state index in [1.807, 2.05) is 0 Å². The minimum Gasteiger partial charge on any atom is -0.494 e. The molecule has 0 aliphatic carbocycles. The molecule has 1 aromatic carbocycles. The Morgan fingerprint density at radius 2 is 2.04 bits per heavy atom. The van der Waals surface area contributed by atoms with Crippen LogP contribution in [0.4, 0.5) is 9.52 Å². The molecule has 2 aliphatic rings. The Kier molecular flexibility index (Phi) is 3.97. The minimum atomic E-state index is -0.254. The predicted molar refractivity (Wildman–Crippen MR) is 88.4 cm³/mol. The van der Waals surface area contributed by atoms with Gasteiger partial charge in [0.15, 0.2) is 5.13 Å². The van der Waals surface area contributed by atoms with Crippen LogP contribution in [-0.2, 0) is 14.3 Å². The van der Waals surface area contributed by atoms with Crippen LogP contribution in [0.1, 0.15) is 0 Å². The van der Waals surface area contributed by atoms with Gasteiger partial charge < -0.3 is 19.3 Å². The largest absolute Gasteiger partial charge is 0.494 e. The molecule has 0 spiro atoms. The quantitative estimate of drug-likeness (QED) is 0.830. The molecule has 1 amide bonds. The zero-order valence-electron chi connectivity index (χ0n) is 12.9. The number of benzene rings is 1. The molecule has 0 radical (unpaired) electrons. The number of piperazine rings is 1. The molecule has 4 rings (SSSR count). The summed E-state index contributed by atoms with van der Waals surface area (Å²) in [6, 6.07) is 4.61. The minimum absolute atomic E-state index is 0.138. The predicted octanol–water partition coefficient (Wildman–Crippen LogP) is 1.97. The molecule has 1 saturated heterocycles. The molecule has 1 fully saturated rings. The molecule has 2 aromatic rings. The van der Waals surface area contributed by atoms with Crippen molar-refractivity contribution in [2.45, 2.75) is 0 Å². The van der Waals surface area contributed by atoms with E-state index in [2.05, 4.69) is 9.88 Å². The number of rotatable bonds is 2. The van der Waals surface area contributed by atoms with Crippen LogP contribution in [0.15, 0.2) is 30.2 Å². The van der Waals surface area contributed by atoms with Gasteiger partial charge in [0.2, 0.25) is 5.76 Å². The normalized spacial score (nSPS) is 18.1. The standard InChI is InChI=1S/C16H16FN3O3S/c17-11-1-2-12-14(9-11)24-16(18-12)20-5-3-19(4-6-20)15(21)13-10-22-7-8-23-13/h1-2,9-10H,3-8H2. The zero-order valence-corrected chi connectivity index (χ0v) is 13.7. The highest BCUT2D eigenvalue weighted by atomic mass is 32.1. The summed E-state index contributed by atoms with van der Waals surface area (Å²) < 4.78 is 24.6. The Hall–Kier alpha value is -2.35. The summed E-state index contributed by atoms with van der Waals surface area (Å²) in [5, 5.41) is 0.860. The van der Waals surface area contributed by atoms with Crippen molar-refractivity contribution in [2.75, 3.05) is 44.3 Å². The Balaban J connectivity index is 1.43. The average molecular weight is 349 g/mol. The monoisotopic (exact) mass is 349 g/mol. The summed E-state index contributed by atoms with van der Waals surface area (Å²) in [7, 11) is 0. The molecule has 126 valence electrons. The molecule has 1 aromatic heterocycles. The van der Waals surface area contributed by atoms with E-state index >= 15 is 0 Å². The molecule has 24 heavy (non-hydrogen) atoms. The molecule has 0 unspecified atom stereocenters. The summed E-state index contributed by atoms with van der Waals surface area (Å²) in [6.07, 6.45) is 1.39. The van der Waals surface area contributed by atoms with Gasteiger partial charge in [-0.2, -0.15) is 0 Å². The van der Waals surface area contributed by atoms with Crippen molar-refractivity contribution in [3.63, 3.8) is 0 Å². The first-order valence-corrected chi connectivity index (χ1v) is 8.57. The van der Waals surface area contributed by atoms with E-state index in [0.717, 1.165) is 15.3 Å². The van der Waals surface area contributed by atoms with Crippen LogP contribution in [-0.4, -0.2) is 55.2 Å². The lowest BCUT2D eigenvalue weighted by Gasteiger charge is -2.35. The second kappa shape index (κ2) is 6.27. The van der Waals surface area contributed by atoms with Gasteiger partial charge in [-0.25, -0.2) is 9.37 Å². The highest BCUT2D eigenvalue weighted by molar-refractivity contribution is 7.22. The number of amides is 1. The van der Waals surface area contributed by atoms with E-state index in [9.17, 15) is 9.18 Å². The molecule has 0 atom stereocenters. The highest BCUT2D eigenvalue weighted by Crippen LogP contribution is 2.30. The van der Waals surface area contributed by atoms with Crippen LogP contribution in [0.3, 0.4) is 0 Å². The zero-order chi connectivity index (χ0) is 16.5. The number of halogens is 1. The van der Waals surface area contributed by atoms with Crippen molar-refractivity contribution < 1.29 is 18.7 Å². The van der Waals surface area contributed by atoms with Crippen molar-refractivity contribution in [1.29, 1.82) is 0 Å². The van der Waals surface area contributed by atoms with E-state index in [0.29, 0.717) is 39.4 Å². The van der Waals surface area contributed by atoms with E-state index in [4.69, 9.17) is 9.47 Å². The number of ether oxygens (including phenoxy) is 2. The number of nitrogens with zero attached hydrogens (tertiary/aromatic N) is 3. The Morgan fingerprint density at radius 3 is 2.79 bits per heavy atom. The molecule has 6 nitrogen and oxygen atoms in total. The fourth-order valence-corrected chi connectivity index (χ4v) is 3.80. The van der Waals surface area contributed by atoms with Crippen molar-refractivity contribution in [3.8, 4) is 0 Å². The maximum absolute atomic E-state index is 13.3. The number of carbonyl (C=O) groups excluding carboxylic acids is 1. The number of thiazole rings is 1. The number of hydrogen-bond donors (Lipinski definition) is 0. The Morgan fingerprint density at radius 1 is 1.21 bits per heavy atom. The van der Waals surface area contributed by atoms with E-state index in [-0.39, 0.29) is 17.5 Å². The molecule has 0 N–H and O–H groups in total. The second-order valence-electron chi connectivity index (χ2n) is 5.59. The van der Waals surface area contributed by atoms with Gasteiger partial charge in [-0.15, -0.1) is 0 Å². The number of carbonyl (C=O) groups is 1. The second-order valence-corrected chi connectivity index (χ2v) is 6.60. The van der Waals surface area contributed by atoms with Crippen molar-refractivity contribution in [2.24, 2.45) is 0 Å². The molecule has 0 saturated carbocycles. The van der Waals surface area contributed by atoms with Crippen LogP contribution >= 0.6 is 11.3 Å². The first kappa shape index (κ1) is 15.2. The number of fused-ring (bicyclic) bond motifs is 1. The Bertz CT molecular complexity index is 799. The van der Waals surface area contributed by atoms with Crippen molar-refractivity contribution in [3.05, 3.63) is 36.0 Å². The fraction of sp³-hybridized carbons (Fsp3) is 0.375. The van der Waals surface area contributed by atoms with Gasteiger partial charge in [-0.1, -0.05) is 11.3 Å². The third kappa shape index (κ3) is 2.89. The molecule has 2 aliphatic heterocycles. The van der Waals surface area contributed by atoms with Gasteiger partial charge >= 0.3 is 0 Å². The van der Waals surface area contributed by atoms with Gasteiger partial charge in [0.05, 0.1) is 10.2 Å².